The zero-order valence-electron chi connectivity index (χ0n) is 12.0. The lowest BCUT2D eigenvalue weighted by molar-refractivity contribution is -0.149. The zero-order chi connectivity index (χ0) is 14.8. The maximum absolute atomic E-state index is 12.6. The van der Waals surface area contributed by atoms with Gasteiger partial charge in [-0.2, -0.15) is 0 Å². The van der Waals surface area contributed by atoms with Crippen LogP contribution in [0.1, 0.15) is 43.4 Å². The van der Waals surface area contributed by atoms with Crippen LogP contribution in [0.15, 0.2) is 17.5 Å². The van der Waals surface area contributed by atoms with Crippen molar-refractivity contribution in [3.63, 3.8) is 0 Å². The minimum absolute atomic E-state index is 0.0187. The second-order valence-corrected chi connectivity index (χ2v) is 7.11. The third-order valence-corrected chi connectivity index (χ3v) is 5.76. The third kappa shape index (κ3) is 2.98. The van der Waals surface area contributed by atoms with Gasteiger partial charge in [-0.25, -0.2) is 4.79 Å². The SMILES string of the molecule is O=C(O)[C@@H]1C[C@@H]2CCCC[C@H]2N1C(=O)CCc1cccs1. The van der Waals surface area contributed by atoms with E-state index in [2.05, 4.69) is 0 Å². The Morgan fingerprint density at radius 2 is 2.14 bits per heavy atom. The first-order valence-corrected chi connectivity index (χ1v) is 8.61. The lowest BCUT2D eigenvalue weighted by Crippen LogP contribution is -2.46. The smallest absolute Gasteiger partial charge is 0.326 e. The summed E-state index contributed by atoms with van der Waals surface area (Å²) in [5.41, 5.74) is 0. The van der Waals surface area contributed by atoms with Gasteiger partial charge in [-0.05, 0) is 43.0 Å². The Labute approximate surface area is 128 Å². The van der Waals surface area contributed by atoms with Crippen LogP contribution in [0.4, 0.5) is 0 Å². The van der Waals surface area contributed by atoms with Crippen LogP contribution in [0.2, 0.25) is 0 Å². The molecule has 0 radical (unpaired) electrons. The number of amides is 1. The van der Waals surface area contributed by atoms with E-state index in [9.17, 15) is 14.7 Å². The van der Waals surface area contributed by atoms with E-state index in [4.69, 9.17) is 0 Å². The first kappa shape index (κ1) is 14.6. The summed E-state index contributed by atoms with van der Waals surface area (Å²) in [6.45, 7) is 0. The van der Waals surface area contributed by atoms with E-state index in [1.807, 2.05) is 17.5 Å². The van der Waals surface area contributed by atoms with Gasteiger partial charge < -0.3 is 10.0 Å². The molecule has 2 heterocycles. The highest BCUT2D eigenvalue weighted by Gasteiger charge is 2.47. The van der Waals surface area contributed by atoms with E-state index >= 15 is 0 Å². The summed E-state index contributed by atoms with van der Waals surface area (Å²) in [7, 11) is 0. The van der Waals surface area contributed by atoms with Gasteiger partial charge in [0.05, 0.1) is 0 Å². The Morgan fingerprint density at radius 3 is 2.86 bits per heavy atom. The molecule has 1 aliphatic heterocycles. The van der Waals surface area contributed by atoms with Crippen molar-refractivity contribution in [3.05, 3.63) is 22.4 Å². The maximum Gasteiger partial charge on any atom is 0.326 e. The van der Waals surface area contributed by atoms with Gasteiger partial charge in [-0.1, -0.05) is 18.9 Å². The van der Waals surface area contributed by atoms with Crippen molar-refractivity contribution in [1.82, 2.24) is 4.90 Å². The number of hydrogen-bond donors (Lipinski definition) is 1. The predicted octanol–water partition coefficient (Wildman–Crippen LogP) is 2.93. The number of rotatable bonds is 4. The van der Waals surface area contributed by atoms with Crippen LogP contribution >= 0.6 is 11.3 Å². The molecule has 4 nitrogen and oxygen atoms in total. The number of carboxylic acids is 1. The minimum atomic E-state index is -0.839. The number of fused-ring (bicyclic) bond motifs is 1. The second-order valence-electron chi connectivity index (χ2n) is 6.08. The third-order valence-electron chi connectivity index (χ3n) is 4.83. The van der Waals surface area contributed by atoms with Crippen molar-refractivity contribution in [2.24, 2.45) is 5.92 Å². The number of nitrogens with zero attached hydrogens (tertiary/aromatic N) is 1. The summed E-state index contributed by atoms with van der Waals surface area (Å²) >= 11 is 1.65. The van der Waals surface area contributed by atoms with Crippen LogP contribution in [0.3, 0.4) is 0 Å². The van der Waals surface area contributed by atoms with E-state index in [1.165, 1.54) is 11.3 Å². The number of carbonyl (C=O) groups is 2. The summed E-state index contributed by atoms with van der Waals surface area (Å²) in [5.74, 6) is -0.426. The molecule has 3 rings (SSSR count). The number of carbonyl (C=O) groups excluding carboxylic acids is 1. The molecular weight excluding hydrogens is 286 g/mol. The normalized spacial score (nSPS) is 28.4. The van der Waals surface area contributed by atoms with Crippen LogP contribution in [-0.2, 0) is 16.0 Å². The fraction of sp³-hybridized carbons (Fsp3) is 0.625. The Bertz CT molecular complexity index is 514. The monoisotopic (exact) mass is 307 g/mol. The van der Waals surface area contributed by atoms with Crippen molar-refractivity contribution < 1.29 is 14.7 Å². The van der Waals surface area contributed by atoms with Crippen molar-refractivity contribution in [1.29, 1.82) is 0 Å². The van der Waals surface area contributed by atoms with Gasteiger partial charge in [0, 0.05) is 17.3 Å². The lowest BCUT2D eigenvalue weighted by atomic mass is 9.84. The summed E-state index contributed by atoms with van der Waals surface area (Å²) in [5, 5.41) is 11.4. The fourth-order valence-electron chi connectivity index (χ4n) is 3.85. The fourth-order valence-corrected chi connectivity index (χ4v) is 4.56. The second kappa shape index (κ2) is 6.18. The molecule has 5 heteroatoms. The topological polar surface area (TPSA) is 57.6 Å². The molecule has 1 N–H and O–H groups in total. The molecule has 1 saturated carbocycles. The molecule has 114 valence electrons. The van der Waals surface area contributed by atoms with Crippen LogP contribution in [0.5, 0.6) is 0 Å². The van der Waals surface area contributed by atoms with Gasteiger partial charge >= 0.3 is 5.97 Å². The summed E-state index contributed by atoms with van der Waals surface area (Å²) in [6, 6.07) is 3.57. The van der Waals surface area contributed by atoms with Crippen LogP contribution < -0.4 is 0 Å². The average Bonchev–Trinajstić information content (AvgIpc) is 3.11. The molecule has 1 aromatic rings. The van der Waals surface area contributed by atoms with E-state index in [1.54, 1.807) is 16.2 Å². The summed E-state index contributed by atoms with van der Waals surface area (Å²) in [6.07, 6.45) is 6.12. The van der Waals surface area contributed by atoms with Crippen LogP contribution in [0.25, 0.3) is 0 Å². The van der Waals surface area contributed by atoms with Gasteiger partial charge in [0.15, 0.2) is 0 Å². The highest BCUT2D eigenvalue weighted by Crippen LogP contribution is 2.40. The van der Waals surface area contributed by atoms with Crippen molar-refractivity contribution in [3.8, 4) is 0 Å². The molecule has 3 atom stereocenters. The molecular formula is C16H21NO3S. The quantitative estimate of drug-likeness (QED) is 0.930. The molecule has 0 bridgehead atoms. The maximum atomic E-state index is 12.6. The van der Waals surface area contributed by atoms with E-state index < -0.39 is 12.0 Å². The van der Waals surface area contributed by atoms with E-state index in [-0.39, 0.29) is 11.9 Å². The van der Waals surface area contributed by atoms with Crippen LogP contribution in [0, 0.1) is 5.92 Å². The average molecular weight is 307 g/mol. The molecule has 0 unspecified atom stereocenters. The lowest BCUT2D eigenvalue weighted by Gasteiger charge is -2.33. The molecule has 0 aromatic carbocycles. The number of thiophene rings is 1. The number of aliphatic carboxylic acids is 1. The Hall–Kier alpha value is -1.36. The Kier molecular flexibility index (Phi) is 4.29. The molecule has 0 spiro atoms. The molecule has 1 aliphatic carbocycles. The number of aryl methyl sites for hydroxylation is 1. The predicted molar refractivity (Wildman–Crippen MR) is 81.3 cm³/mol. The molecule has 1 saturated heterocycles. The number of carboxylic acid groups (broad SMARTS) is 1. The van der Waals surface area contributed by atoms with Gasteiger partial charge in [0.2, 0.25) is 5.91 Å². The van der Waals surface area contributed by atoms with Crippen molar-refractivity contribution in [2.75, 3.05) is 0 Å². The van der Waals surface area contributed by atoms with Crippen molar-refractivity contribution >= 4 is 23.2 Å². The van der Waals surface area contributed by atoms with Gasteiger partial charge in [0.25, 0.3) is 0 Å². The van der Waals surface area contributed by atoms with Crippen molar-refractivity contribution in [2.45, 2.75) is 57.0 Å². The van der Waals surface area contributed by atoms with Gasteiger partial charge in [-0.3, -0.25) is 4.79 Å². The Morgan fingerprint density at radius 1 is 1.33 bits per heavy atom. The molecule has 2 fully saturated rings. The van der Waals surface area contributed by atoms with E-state index in [0.29, 0.717) is 18.8 Å². The zero-order valence-corrected chi connectivity index (χ0v) is 12.8. The van der Waals surface area contributed by atoms with Gasteiger partial charge in [-0.15, -0.1) is 11.3 Å². The minimum Gasteiger partial charge on any atom is -0.480 e. The standard InChI is InChI=1S/C16H21NO3S/c18-15(8-7-12-5-3-9-21-12)17-13-6-2-1-4-11(13)10-14(17)16(19)20/h3,5,9,11,13-14H,1-2,4,6-8,10H2,(H,19,20)/t11-,13+,14-/m0/s1. The van der Waals surface area contributed by atoms with Crippen LogP contribution in [-0.4, -0.2) is 34.0 Å². The van der Waals surface area contributed by atoms with Gasteiger partial charge in [0.1, 0.15) is 6.04 Å². The highest BCUT2D eigenvalue weighted by molar-refractivity contribution is 7.09. The summed E-state index contributed by atoms with van der Waals surface area (Å²) < 4.78 is 0. The highest BCUT2D eigenvalue weighted by atomic mass is 32.1. The van der Waals surface area contributed by atoms with E-state index in [0.717, 1.165) is 25.7 Å². The summed E-state index contributed by atoms with van der Waals surface area (Å²) in [4.78, 5) is 27.0. The number of likely N-dealkylation sites (tertiary alicyclic amines) is 1. The number of hydrogen-bond acceptors (Lipinski definition) is 3. The largest absolute Gasteiger partial charge is 0.480 e. The first-order valence-electron chi connectivity index (χ1n) is 7.73. The first-order chi connectivity index (χ1) is 10.2. The molecule has 21 heavy (non-hydrogen) atoms. The molecule has 1 aromatic heterocycles. The molecule has 2 aliphatic rings. The Balaban J connectivity index is 1.70. The molecule has 1 amide bonds.